The maximum Gasteiger partial charge on any atom is 0.418 e. The molecule has 0 radical (unpaired) electrons. The summed E-state index contributed by atoms with van der Waals surface area (Å²) in [5, 5.41) is 2.80. The van der Waals surface area contributed by atoms with Crippen LogP contribution in [0, 0.1) is 0 Å². The molecule has 0 aromatic heterocycles. The van der Waals surface area contributed by atoms with Crippen molar-refractivity contribution in [3.05, 3.63) is 59.7 Å². The van der Waals surface area contributed by atoms with Gasteiger partial charge in [0.25, 0.3) is 0 Å². The summed E-state index contributed by atoms with van der Waals surface area (Å²) in [6, 6.07) is 12.6. The first-order valence-electron chi connectivity index (χ1n) is 6.23. The Morgan fingerprint density at radius 3 is 2.20 bits per heavy atom. The standard InChI is InChI=1S/C15H15F3N2/c16-15(17,18)13-3-1-2-4-14(13)20-12-7-5-11(6-8-12)9-10-19/h1-8,20H,9-10,19H2. The third-order valence-electron chi connectivity index (χ3n) is 2.90. The van der Waals surface area contributed by atoms with E-state index >= 15 is 0 Å². The molecule has 20 heavy (non-hydrogen) atoms. The Kier molecular flexibility index (Phi) is 4.29. The number of halogens is 3. The van der Waals surface area contributed by atoms with Gasteiger partial charge < -0.3 is 11.1 Å². The maximum absolute atomic E-state index is 12.9. The van der Waals surface area contributed by atoms with Gasteiger partial charge in [0.1, 0.15) is 0 Å². The van der Waals surface area contributed by atoms with Crippen LogP contribution in [0.1, 0.15) is 11.1 Å². The predicted molar refractivity (Wildman–Crippen MR) is 73.9 cm³/mol. The van der Waals surface area contributed by atoms with Gasteiger partial charge in [0, 0.05) is 5.69 Å². The molecule has 2 nitrogen and oxygen atoms in total. The van der Waals surface area contributed by atoms with Crippen LogP contribution in [-0.2, 0) is 12.6 Å². The molecule has 0 fully saturated rings. The number of alkyl halides is 3. The molecule has 5 heteroatoms. The largest absolute Gasteiger partial charge is 0.418 e. The lowest BCUT2D eigenvalue weighted by Crippen LogP contribution is -2.08. The number of hydrogen-bond donors (Lipinski definition) is 2. The summed E-state index contributed by atoms with van der Waals surface area (Å²) >= 11 is 0. The van der Waals surface area contributed by atoms with Gasteiger partial charge in [-0.05, 0) is 42.8 Å². The number of hydrogen-bond acceptors (Lipinski definition) is 2. The van der Waals surface area contributed by atoms with E-state index in [0.717, 1.165) is 18.1 Å². The number of benzene rings is 2. The Labute approximate surface area is 115 Å². The van der Waals surface area contributed by atoms with Crippen LogP contribution in [0.4, 0.5) is 24.5 Å². The zero-order chi connectivity index (χ0) is 14.6. The zero-order valence-electron chi connectivity index (χ0n) is 10.7. The van der Waals surface area contributed by atoms with Gasteiger partial charge in [-0.3, -0.25) is 0 Å². The zero-order valence-corrected chi connectivity index (χ0v) is 10.7. The Hall–Kier alpha value is -2.01. The van der Waals surface area contributed by atoms with Crippen LogP contribution in [0.15, 0.2) is 48.5 Å². The third-order valence-corrected chi connectivity index (χ3v) is 2.90. The molecule has 2 aromatic rings. The average Bonchev–Trinajstić information content (AvgIpc) is 2.41. The molecule has 0 aliphatic rings. The minimum absolute atomic E-state index is 0.0478. The molecule has 0 saturated carbocycles. The van der Waals surface area contributed by atoms with Gasteiger partial charge in [-0.2, -0.15) is 13.2 Å². The lowest BCUT2D eigenvalue weighted by atomic mass is 10.1. The normalized spacial score (nSPS) is 11.4. The van der Waals surface area contributed by atoms with E-state index in [-0.39, 0.29) is 5.69 Å². The highest BCUT2D eigenvalue weighted by molar-refractivity contribution is 5.64. The number of para-hydroxylation sites is 1. The summed E-state index contributed by atoms with van der Waals surface area (Å²) in [7, 11) is 0. The third kappa shape index (κ3) is 3.51. The molecule has 0 saturated heterocycles. The lowest BCUT2D eigenvalue weighted by Gasteiger charge is -2.14. The Bertz CT molecular complexity index is 562. The highest BCUT2D eigenvalue weighted by atomic mass is 19.4. The van der Waals surface area contributed by atoms with Crippen molar-refractivity contribution in [1.29, 1.82) is 0 Å². The van der Waals surface area contributed by atoms with Crippen molar-refractivity contribution in [3.8, 4) is 0 Å². The van der Waals surface area contributed by atoms with Gasteiger partial charge >= 0.3 is 6.18 Å². The maximum atomic E-state index is 12.9. The van der Waals surface area contributed by atoms with Crippen molar-refractivity contribution < 1.29 is 13.2 Å². The fourth-order valence-corrected chi connectivity index (χ4v) is 1.92. The number of anilines is 2. The molecular weight excluding hydrogens is 265 g/mol. The second-order valence-electron chi connectivity index (χ2n) is 4.40. The van der Waals surface area contributed by atoms with Gasteiger partial charge in [-0.1, -0.05) is 24.3 Å². The first kappa shape index (κ1) is 14.4. The van der Waals surface area contributed by atoms with E-state index in [2.05, 4.69) is 5.32 Å². The molecule has 3 N–H and O–H groups in total. The van der Waals surface area contributed by atoms with Gasteiger partial charge in [-0.25, -0.2) is 0 Å². The molecular formula is C15H15F3N2. The lowest BCUT2D eigenvalue weighted by molar-refractivity contribution is -0.136. The van der Waals surface area contributed by atoms with Gasteiger partial charge in [0.15, 0.2) is 0 Å². The Morgan fingerprint density at radius 2 is 1.60 bits per heavy atom. The predicted octanol–water partition coefficient (Wildman–Crippen LogP) is 3.95. The smallest absolute Gasteiger partial charge is 0.355 e. The fourth-order valence-electron chi connectivity index (χ4n) is 1.92. The quantitative estimate of drug-likeness (QED) is 0.890. The molecule has 0 amide bonds. The van der Waals surface area contributed by atoms with Crippen molar-refractivity contribution in [2.75, 3.05) is 11.9 Å². The summed E-state index contributed by atoms with van der Waals surface area (Å²) in [5.74, 6) is 0. The van der Waals surface area contributed by atoms with Crippen LogP contribution in [0.5, 0.6) is 0 Å². The van der Waals surface area contributed by atoms with Crippen LogP contribution in [0.25, 0.3) is 0 Å². The molecule has 0 atom stereocenters. The fraction of sp³-hybridized carbons (Fsp3) is 0.200. The molecule has 0 aliphatic heterocycles. The summed E-state index contributed by atoms with van der Waals surface area (Å²) < 4.78 is 38.6. The molecule has 2 aromatic carbocycles. The highest BCUT2D eigenvalue weighted by Crippen LogP contribution is 2.35. The molecule has 0 bridgehead atoms. The summed E-state index contributed by atoms with van der Waals surface area (Å²) in [4.78, 5) is 0. The van der Waals surface area contributed by atoms with E-state index in [9.17, 15) is 13.2 Å². The molecule has 0 aliphatic carbocycles. The molecule has 0 heterocycles. The van der Waals surface area contributed by atoms with Gasteiger partial charge in [-0.15, -0.1) is 0 Å². The first-order valence-corrected chi connectivity index (χ1v) is 6.23. The van der Waals surface area contributed by atoms with Crippen molar-refractivity contribution in [1.82, 2.24) is 0 Å². The second-order valence-corrected chi connectivity index (χ2v) is 4.40. The summed E-state index contributed by atoms with van der Waals surface area (Å²) in [6.45, 7) is 0.545. The summed E-state index contributed by atoms with van der Waals surface area (Å²) in [6.07, 6.45) is -3.62. The molecule has 106 valence electrons. The van der Waals surface area contributed by atoms with Crippen LogP contribution >= 0.6 is 0 Å². The Balaban J connectivity index is 2.22. The number of nitrogens with one attached hydrogen (secondary N) is 1. The Morgan fingerprint density at radius 1 is 0.950 bits per heavy atom. The van der Waals surface area contributed by atoms with Crippen LogP contribution in [-0.4, -0.2) is 6.54 Å². The van der Waals surface area contributed by atoms with E-state index in [1.165, 1.54) is 12.1 Å². The van der Waals surface area contributed by atoms with Crippen LogP contribution in [0.3, 0.4) is 0 Å². The van der Waals surface area contributed by atoms with E-state index < -0.39 is 11.7 Å². The van der Waals surface area contributed by atoms with Crippen LogP contribution in [0.2, 0.25) is 0 Å². The number of nitrogens with two attached hydrogens (primary N) is 1. The van der Waals surface area contributed by atoms with Crippen molar-refractivity contribution in [2.45, 2.75) is 12.6 Å². The van der Waals surface area contributed by atoms with Crippen LogP contribution < -0.4 is 11.1 Å². The SMILES string of the molecule is NCCc1ccc(Nc2ccccc2C(F)(F)F)cc1. The first-order chi connectivity index (χ1) is 9.50. The van der Waals surface area contributed by atoms with E-state index in [1.54, 1.807) is 18.2 Å². The van der Waals surface area contributed by atoms with Gasteiger partial charge in [0.05, 0.1) is 11.3 Å². The number of rotatable bonds is 4. The minimum atomic E-state index is -4.37. The van der Waals surface area contributed by atoms with E-state index in [4.69, 9.17) is 5.73 Å². The van der Waals surface area contributed by atoms with Gasteiger partial charge in [0.2, 0.25) is 0 Å². The molecule has 0 unspecified atom stereocenters. The van der Waals surface area contributed by atoms with Crippen molar-refractivity contribution >= 4 is 11.4 Å². The van der Waals surface area contributed by atoms with E-state index in [0.29, 0.717) is 12.2 Å². The summed E-state index contributed by atoms with van der Waals surface area (Å²) in [5.41, 5.74) is 6.49. The molecule has 0 spiro atoms. The molecule has 2 rings (SSSR count). The van der Waals surface area contributed by atoms with Crippen molar-refractivity contribution in [2.24, 2.45) is 5.73 Å². The highest BCUT2D eigenvalue weighted by Gasteiger charge is 2.33. The minimum Gasteiger partial charge on any atom is -0.355 e. The van der Waals surface area contributed by atoms with E-state index in [1.807, 2.05) is 12.1 Å². The average molecular weight is 280 g/mol. The topological polar surface area (TPSA) is 38.0 Å². The van der Waals surface area contributed by atoms with Crippen molar-refractivity contribution in [3.63, 3.8) is 0 Å². The second kappa shape index (κ2) is 5.96. The monoisotopic (exact) mass is 280 g/mol.